The van der Waals surface area contributed by atoms with Crippen LogP contribution in [0.3, 0.4) is 0 Å². The second-order valence-corrected chi connectivity index (χ2v) is 8.72. The van der Waals surface area contributed by atoms with Gasteiger partial charge in [0.15, 0.2) is 5.96 Å². The van der Waals surface area contributed by atoms with Gasteiger partial charge in [-0.15, -0.1) is 35.3 Å². The first-order valence-corrected chi connectivity index (χ1v) is 9.77. The number of hydrogen-bond donors (Lipinski definition) is 1. The largest absolute Gasteiger partial charge is 0.356 e. The maximum absolute atomic E-state index is 4.45. The molecule has 1 saturated heterocycles. The molecule has 0 unspecified atom stereocenters. The molecule has 1 aliphatic heterocycles. The van der Waals surface area contributed by atoms with Gasteiger partial charge in [-0.2, -0.15) is 0 Å². The lowest BCUT2D eigenvalue weighted by Gasteiger charge is -2.36. The van der Waals surface area contributed by atoms with Crippen LogP contribution in [0.15, 0.2) is 20.9 Å². The van der Waals surface area contributed by atoms with Gasteiger partial charge < -0.3 is 10.2 Å². The van der Waals surface area contributed by atoms with Crippen molar-refractivity contribution in [3.05, 3.63) is 20.8 Å². The van der Waals surface area contributed by atoms with Crippen molar-refractivity contribution in [3.8, 4) is 0 Å². The molecular weight excluding hydrogens is 487 g/mol. The standard InChI is InChI=1S/C16H25BrN4S.HI/c1-18-16(19-7-6-13-2-3-13)21-10-8-20(9-11-21)12-14-4-5-15(17)22-14;/h4-5,13H,2-3,6-12H2,1H3,(H,18,19);1H. The molecule has 3 rings (SSSR count). The highest BCUT2D eigenvalue weighted by Crippen LogP contribution is 2.31. The van der Waals surface area contributed by atoms with Crippen molar-refractivity contribution in [2.24, 2.45) is 10.9 Å². The molecule has 0 spiro atoms. The number of hydrogen-bond acceptors (Lipinski definition) is 3. The topological polar surface area (TPSA) is 30.9 Å². The van der Waals surface area contributed by atoms with Crippen LogP contribution in [-0.2, 0) is 6.54 Å². The summed E-state index contributed by atoms with van der Waals surface area (Å²) in [6.45, 7) is 6.49. The zero-order valence-corrected chi connectivity index (χ0v) is 18.4. The van der Waals surface area contributed by atoms with E-state index < -0.39 is 0 Å². The molecule has 1 aromatic heterocycles. The van der Waals surface area contributed by atoms with Crippen molar-refractivity contribution >= 4 is 57.2 Å². The third kappa shape index (κ3) is 6.17. The maximum Gasteiger partial charge on any atom is 0.193 e. The minimum Gasteiger partial charge on any atom is -0.356 e. The van der Waals surface area contributed by atoms with E-state index in [-0.39, 0.29) is 24.0 Å². The molecule has 23 heavy (non-hydrogen) atoms. The molecule has 1 saturated carbocycles. The van der Waals surface area contributed by atoms with E-state index in [0.717, 1.165) is 51.1 Å². The lowest BCUT2D eigenvalue weighted by Crippen LogP contribution is -2.52. The predicted molar refractivity (Wildman–Crippen MR) is 113 cm³/mol. The second kappa shape index (κ2) is 9.58. The Balaban J connectivity index is 0.00000192. The number of nitrogens with one attached hydrogen (secondary N) is 1. The van der Waals surface area contributed by atoms with Crippen LogP contribution in [0, 0.1) is 5.92 Å². The van der Waals surface area contributed by atoms with Crippen LogP contribution in [0.5, 0.6) is 0 Å². The first-order chi connectivity index (χ1) is 10.7. The first kappa shape index (κ1) is 19.5. The summed E-state index contributed by atoms with van der Waals surface area (Å²) in [5.74, 6) is 2.06. The lowest BCUT2D eigenvalue weighted by atomic mass is 10.3. The van der Waals surface area contributed by atoms with E-state index in [1.54, 1.807) is 0 Å². The summed E-state index contributed by atoms with van der Waals surface area (Å²) >= 11 is 5.38. The monoisotopic (exact) mass is 512 g/mol. The molecule has 1 aromatic rings. The van der Waals surface area contributed by atoms with Crippen molar-refractivity contribution in [1.82, 2.24) is 15.1 Å². The molecule has 0 radical (unpaired) electrons. The van der Waals surface area contributed by atoms with Crippen molar-refractivity contribution in [1.29, 1.82) is 0 Å². The summed E-state index contributed by atoms with van der Waals surface area (Å²) in [5, 5.41) is 3.53. The van der Waals surface area contributed by atoms with Gasteiger partial charge in [-0.25, -0.2) is 0 Å². The van der Waals surface area contributed by atoms with Crippen LogP contribution in [0.1, 0.15) is 24.1 Å². The highest BCUT2D eigenvalue weighted by Gasteiger charge is 2.22. The van der Waals surface area contributed by atoms with Crippen LogP contribution in [0.2, 0.25) is 0 Å². The highest BCUT2D eigenvalue weighted by atomic mass is 127. The number of halogens is 2. The Morgan fingerprint density at radius 2 is 2.04 bits per heavy atom. The first-order valence-electron chi connectivity index (χ1n) is 8.17. The number of piperazine rings is 1. The van der Waals surface area contributed by atoms with Crippen LogP contribution in [0.25, 0.3) is 0 Å². The van der Waals surface area contributed by atoms with Crippen molar-refractivity contribution in [2.45, 2.75) is 25.8 Å². The van der Waals surface area contributed by atoms with E-state index in [1.165, 1.54) is 27.9 Å². The number of nitrogens with zero attached hydrogens (tertiary/aromatic N) is 3. The summed E-state index contributed by atoms with van der Waals surface area (Å²) in [6, 6.07) is 4.36. The molecule has 0 amide bonds. The lowest BCUT2D eigenvalue weighted by molar-refractivity contribution is 0.173. The minimum absolute atomic E-state index is 0. The van der Waals surface area contributed by atoms with Crippen LogP contribution in [-0.4, -0.2) is 55.5 Å². The Labute approximate surface area is 168 Å². The summed E-state index contributed by atoms with van der Waals surface area (Å²) in [5.41, 5.74) is 0. The van der Waals surface area contributed by atoms with Gasteiger partial charge in [-0.05, 0) is 40.4 Å². The average molecular weight is 513 g/mol. The molecule has 1 N–H and O–H groups in total. The molecule has 7 heteroatoms. The zero-order valence-electron chi connectivity index (χ0n) is 13.6. The van der Waals surface area contributed by atoms with Gasteiger partial charge in [0.1, 0.15) is 0 Å². The van der Waals surface area contributed by atoms with Crippen LogP contribution < -0.4 is 5.32 Å². The van der Waals surface area contributed by atoms with Crippen molar-refractivity contribution < 1.29 is 0 Å². The van der Waals surface area contributed by atoms with E-state index in [4.69, 9.17) is 0 Å². The average Bonchev–Trinajstić information content (AvgIpc) is 3.26. The number of rotatable bonds is 5. The molecule has 0 bridgehead atoms. The van der Waals surface area contributed by atoms with Gasteiger partial charge in [0, 0.05) is 51.2 Å². The van der Waals surface area contributed by atoms with E-state index in [0.29, 0.717) is 0 Å². The number of thiophene rings is 1. The molecule has 2 heterocycles. The van der Waals surface area contributed by atoms with E-state index in [1.807, 2.05) is 18.4 Å². The summed E-state index contributed by atoms with van der Waals surface area (Å²) in [6.07, 6.45) is 4.15. The maximum atomic E-state index is 4.45. The molecule has 1 aliphatic carbocycles. The quantitative estimate of drug-likeness (QED) is 0.371. The summed E-state index contributed by atoms with van der Waals surface area (Å²) < 4.78 is 1.22. The molecule has 2 fully saturated rings. The number of aliphatic imine (C=N–C) groups is 1. The third-order valence-electron chi connectivity index (χ3n) is 4.42. The second-order valence-electron chi connectivity index (χ2n) is 6.18. The van der Waals surface area contributed by atoms with Gasteiger partial charge in [0.05, 0.1) is 3.79 Å². The Hall–Kier alpha value is 0.140. The van der Waals surface area contributed by atoms with Gasteiger partial charge in [-0.3, -0.25) is 9.89 Å². The molecule has 130 valence electrons. The van der Waals surface area contributed by atoms with Crippen LogP contribution in [0.4, 0.5) is 0 Å². The summed E-state index contributed by atoms with van der Waals surface area (Å²) in [4.78, 5) is 10.8. The molecule has 2 aliphatic rings. The molecule has 0 aromatic carbocycles. The fourth-order valence-corrected chi connectivity index (χ4v) is 4.43. The van der Waals surface area contributed by atoms with E-state index in [9.17, 15) is 0 Å². The molecule has 0 atom stereocenters. The van der Waals surface area contributed by atoms with Crippen molar-refractivity contribution in [2.75, 3.05) is 39.8 Å². The Morgan fingerprint density at radius 1 is 1.30 bits per heavy atom. The summed E-state index contributed by atoms with van der Waals surface area (Å²) in [7, 11) is 1.90. The fraction of sp³-hybridized carbons (Fsp3) is 0.688. The molecular formula is C16H26BrIN4S. The number of guanidine groups is 1. The molecule has 4 nitrogen and oxygen atoms in total. The Bertz CT molecular complexity index is 510. The van der Waals surface area contributed by atoms with E-state index >= 15 is 0 Å². The normalized spacial score (nSPS) is 19.6. The highest BCUT2D eigenvalue weighted by molar-refractivity contribution is 14.0. The predicted octanol–water partition coefficient (Wildman–Crippen LogP) is 3.62. The van der Waals surface area contributed by atoms with Crippen LogP contribution >= 0.6 is 51.2 Å². The van der Waals surface area contributed by atoms with E-state index in [2.05, 4.69) is 48.2 Å². The van der Waals surface area contributed by atoms with Crippen molar-refractivity contribution in [3.63, 3.8) is 0 Å². The zero-order chi connectivity index (χ0) is 15.4. The van der Waals surface area contributed by atoms with Gasteiger partial charge in [-0.1, -0.05) is 12.8 Å². The minimum atomic E-state index is 0. The van der Waals surface area contributed by atoms with Gasteiger partial charge >= 0.3 is 0 Å². The Morgan fingerprint density at radius 3 is 2.61 bits per heavy atom. The Kier molecular flexibility index (Phi) is 8.11. The van der Waals surface area contributed by atoms with Gasteiger partial charge in [0.25, 0.3) is 0 Å². The van der Waals surface area contributed by atoms with Gasteiger partial charge in [0.2, 0.25) is 0 Å². The smallest absolute Gasteiger partial charge is 0.193 e. The fourth-order valence-electron chi connectivity index (χ4n) is 2.90. The third-order valence-corrected chi connectivity index (χ3v) is 6.03. The SMILES string of the molecule is CN=C(NCCC1CC1)N1CCN(Cc2ccc(Br)s2)CC1.I.